The third kappa shape index (κ3) is 2.19. The van der Waals surface area contributed by atoms with E-state index < -0.39 is 0 Å². The summed E-state index contributed by atoms with van der Waals surface area (Å²) in [4.78, 5) is 15.7. The highest BCUT2D eigenvalue weighted by Gasteiger charge is 2.64. The van der Waals surface area contributed by atoms with E-state index in [-0.39, 0.29) is 16.3 Å². The first-order valence-electron chi connectivity index (χ1n) is 10.9. The molecule has 1 amide bonds. The van der Waals surface area contributed by atoms with Gasteiger partial charge in [-0.25, -0.2) is 0 Å². The second-order valence-electron chi connectivity index (χ2n) is 10.5. The van der Waals surface area contributed by atoms with Crippen LogP contribution < -0.4 is 0 Å². The van der Waals surface area contributed by atoms with Crippen molar-refractivity contribution in [1.82, 2.24) is 4.90 Å². The molecule has 0 spiro atoms. The molecule has 1 heterocycles. The summed E-state index contributed by atoms with van der Waals surface area (Å²) in [7, 11) is 0. The number of halogens is 1. The van der Waals surface area contributed by atoms with Gasteiger partial charge in [0.15, 0.2) is 0 Å². The first-order valence-corrected chi connectivity index (χ1v) is 11.2. The topological polar surface area (TPSA) is 20.3 Å². The normalized spacial score (nSPS) is 40.8. The van der Waals surface area contributed by atoms with Crippen molar-refractivity contribution in [2.24, 2.45) is 23.2 Å². The molecule has 146 valence electrons. The minimum Gasteiger partial charge on any atom is -0.330 e. The minimum atomic E-state index is -0.336. The van der Waals surface area contributed by atoms with Crippen LogP contribution in [0.1, 0.15) is 57.6 Å². The number of rotatable bonds is 2. The number of carbonyl (C=O) groups excluding carboxylic acids is 1. The Morgan fingerprint density at radius 2 is 1.64 bits per heavy atom. The Kier molecular flexibility index (Phi) is 3.43. The van der Waals surface area contributed by atoms with Crippen molar-refractivity contribution in [3.63, 3.8) is 0 Å². The third-order valence-electron chi connectivity index (χ3n) is 8.34. The Morgan fingerprint density at radius 3 is 2.36 bits per heavy atom. The van der Waals surface area contributed by atoms with Crippen LogP contribution in [0, 0.1) is 23.2 Å². The van der Waals surface area contributed by atoms with Crippen LogP contribution in [0.3, 0.4) is 0 Å². The van der Waals surface area contributed by atoms with E-state index in [0.717, 1.165) is 18.8 Å². The maximum absolute atomic E-state index is 13.4. The largest absolute Gasteiger partial charge is 0.330 e. The van der Waals surface area contributed by atoms with E-state index in [2.05, 4.69) is 61.2 Å². The summed E-state index contributed by atoms with van der Waals surface area (Å²) in [6.07, 6.45) is 5.92. The Balaban J connectivity index is 1.44. The highest BCUT2D eigenvalue weighted by molar-refractivity contribution is 6.24. The number of nitrogens with zero attached hydrogens (tertiary/aromatic N) is 1. The minimum absolute atomic E-state index is 0.0192. The van der Waals surface area contributed by atoms with Crippen molar-refractivity contribution < 1.29 is 4.79 Å². The van der Waals surface area contributed by atoms with E-state index in [9.17, 15) is 4.79 Å². The lowest BCUT2D eigenvalue weighted by atomic mass is 9.52. The van der Waals surface area contributed by atoms with Gasteiger partial charge in [-0.15, -0.1) is 11.6 Å². The molecule has 4 aliphatic carbocycles. The number of hydrogen-bond acceptors (Lipinski definition) is 1. The van der Waals surface area contributed by atoms with Gasteiger partial charge in [-0.05, 0) is 80.0 Å². The zero-order valence-corrected chi connectivity index (χ0v) is 17.5. The van der Waals surface area contributed by atoms with Crippen LogP contribution in [0.5, 0.6) is 0 Å². The summed E-state index contributed by atoms with van der Waals surface area (Å²) in [6, 6.07) is 15.7. The van der Waals surface area contributed by atoms with Crippen LogP contribution in [-0.2, 0) is 4.79 Å². The average Bonchev–Trinajstić information content (AvgIpc) is 2.65. The van der Waals surface area contributed by atoms with Gasteiger partial charge in [-0.1, -0.05) is 42.5 Å². The molecule has 4 saturated carbocycles. The molecule has 2 aromatic carbocycles. The lowest BCUT2D eigenvalue weighted by molar-refractivity contribution is -0.190. The molecular formula is C25H28ClNO. The molecule has 1 aliphatic heterocycles. The number of β-lactam (4-membered cyclic amide) rings is 1. The number of likely N-dealkylation sites (tertiary alicyclic amines) is 1. The van der Waals surface area contributed by atoms with E-state index in [0.29, 0.717) is 23.8 Å². The number of benzene rings is 2. The van der Waals surface area contributed by atoms with Crippen molar-refractivity contribution in [1.29, 1.82) is 0 Å². The standard InChI is InChI=1S/C25H28ClNO/c1-24(2)22(20-9-5-7-16-6-3-4-8-19(16)20)27(23(24)28)21-17-10-15-11-18(21)14-25(26,12-15)13-17/h3-9,15,17-18,21-22H,10-14H2,1-2H3/t15?,17?,18?,21-,22?,25+. The summed E-state index contributed by atoms with van der Waals surface area (Å²) < 4.78 is 0. The summed E-state index contributed by atoms with van der Waals surface area (Å²) >= 11 is 6.98. The fourth-order valence-electron chi connectivity index (χ4n) is 7.54. The molecule has 7 rings (SSSR count). The van der Waals surface area contributed by atoms with Gasteiger partial charge in [-0.3, -0.25) is 4.79 Å². The number of alkyl halides is 1. The van der Waals surface area contributed by atoms with E-state index >= 15 is 0 Å². The second kappa shape index (κ2) is 5.53. The fourth-order valence-corrected chi connectivity index (χ4v) is 8.15. The molecule has 3 atom stereocenters. The molecule has 5 fully saturated rings. The molecule has 0 radical (unpaired) electrons. The Labute approximate surface area is 172 Å². The smallest absolute Gasteiger partial charge is 0.231 e. The zero-order chi connectivity index (χ0) is 19.3. The Hall–Kier alpha value is -1.54. The molecule has 2 nitrogen and oxygen atoms in total. The predicted octanol–water partition coefficient (Wildman–Crippen LogP) is 5.94. The zero-order valence-electron chi connectivity index (χ0n) is 16.7. The molecule has 28 heavy (non-hydrogen) atoms. The molecule has 1 saturated heterocycles. The Morgan fingerprint density at radius 1 is 0.964 bits per heavy atom. The van der Waals surface area contributed by atoms with Gasteiger partial charge in [-0.2, -0.15) is 0 Å². The summed E-state index contributed by atoms with van der Waals surface area (Å²) in [5.74, 6) is 2.29. The van der Waals surface area contributed by atoms with E-state index in [4.69, 9.17) is 11.6 Å². The second-order valence-corrected chi connectivity index (χ2v) is 11.3. The molecule has 5 aliphatic rings. The van der Waals surface area contributed by atoms with Crippen LogP contribution in [0.4, 0.5) is 0 Å². The fraction of sp³-hybridized carbons (Fsp3) is 0.560. The molecule has 4 bridgehead atoms. The van der Waals surface area contributed by atoms with Crippen molar-refractivity contribution in [3.8, 4) is 0 Å². The van der Waals surface area contributed by atoms with Gasteiger partial charge in [0.2, 0.25) is 5.91 Å². The van der Waals surface area contributed by atoms with Crippen LogP contribution in [0.25, 0.3) is 10.8 Å². The van der Waals surface area contributed by atoms with Crippen molar-refractivity contribution in [3.05, 3.63) is 48.0 Å². The lowest BCUT2D eigenvalue weighted by Gasteiger charge is -2.66. The third-order valence-corrected chi connectivity index (χ3v) is 8.80. The maximum Gasteiger partial charge on any atom is 0.231 e. The Bertz CT molecular complexity index is 960. The molecule has 0 N–H and O–H groups in total. The van der Waals surface area contributed by atoms with E-state index in [1.165, 1.54) is 35.6 Å². The summed E-state index contributed by atoms with van der Waals surface area (Å²) in [6.45, 7) is 4.27. The number of amides is 1. The van der Waals surface area contributed by atoms with Gasteiger partial charge in [0, 0.05) is 10.9 Å². The first-order chi connectivity index (χ1) is 13.4. The van der Waals surface area contributed by atoms with Crippen LogP contribution >= 0.6 is 11.6 Å². The summed E-state index contributed by atoms with van der Waals surface area (Å²) in [5.41, 5.74) is 0.981. The van der Waals surface area contributed by atoms with Gasteiger partial charge < -0.3 is 4.90 Å². The molecule has 0 aromatic heterocycles. The average molecular weight is 394 g/mol. The van der Waals surface area contributed by atoms with Crippen molar-refractivity contribution in [2.75, 3.05) is 0 Å². The molecule has 3 unspecified atom stereocenters. The maximum atomic E-state index is 13.4. The van der Waals surface area contributed by atoms with Crippen LogP contribution in [0.2, 0.25) is 0 Å². The number of hydrogen-bond donors (Lipinski definition) is 0. The van der Waals surface area contributed by atoms with Crippen molar-refractivity contribution >= 4 is 28.3 Å². The SMILES string of the molecule is CC1(C)C(=O)N([C@H]2C3CC4CC2C[C@@](Cl)(C4)C3)C1c1cccc2ccccc12. The van der Waals surface area contributed by atoms with Crippen LogP contribution in [0.15, 0.2) is 42.5 Å². The van der Waals surface area contributed by atoms with E-state index in [1.807, 2.05) is 0 Å². The number of fused-ring (bicyclic) bond motifs is 1. The monoisotopic (exact) mass is 393 g/mol. The van der Waals surface area contributed by atoms with Gasteiger partial charge >= 0.3 is 0 Å². The van der Waals surface area contributed by atoms with Crippen LogP contribution in [-0.4, -0.2) is 21.7 Å². The highest BCUT2D eigenvalue weighted by Crippen LogP contribution is 2.63. The molecule has 3 heteroatoms. The van der Waals surface area contributed by atoms with E-state index in [1.54, 1.807) is 0 Å². The lowest BCUT2D eigenvalue weighted by Crippen LogP contribution is -2.70. The summed E-state index contributed by atoms with van der Waals surface area (Å²) in [5, 5.41) is 2.55. The van der Waals surface area contributed by atoms with Crippen molar-refractivity contribution in [2.45, 2.75) is 62.9 Å². The highest BCUT2D eigenvalue weighted by atomic mass is 35.5. The number of carbonyl (C=O) groups is 1. The van der Waals surface area contributed by atoms with Gasteiger partial charge in [0.1, 0.15) is 0 Å². The molecule has 2 aromatic rings. The van der Waals surface area contributed by atoms with Gasteiger partial charge in [0.25, 0.3) is 0 Å². The quantitative estimate of drug-likeness (QED) is 0.457. The van der Waals surface area contributed by atoms with Gasteiger partial charge in [0.05, 0.1) is 11.5 Å². The predicted molar refractivity (Wildman–Crippen MR) is 113 cm³/mol. The first kappa shape index (κ1) is 17.3. The molecular weight excluding hydrogens is 366 g/mol.